The highest BCUT2D eigenvalue weighted by atomic mass is 19.4. The SMILES string of the molecule is O=C(NOC(=O)C(F)(F)F)N[C@H]1CCN(C(=O)C2CC2)C1. The van der Waals surface area contributed by atoms with Crippen molar-refractivity contribution in [1.29, 1.82) is 0 Å². The highest BCUT2D eigenvalue weighted by Crippen LogP contribution is 2.32. The van der Waals surface area contributed by atoms with Crippen LogP contribution in [0, 0.1) is 5.92 Å². The molecule has 2 fully saturated rings. The highest BCUT2D eigenvalue weighted by Gasteiger charge is 2.42. The summed E-state index contributed by atoms with van der Waals surface area (Å²) < 4.78 is 35.5. The zero-order valence-electron chi connectivity index (χ0n) is 10.9. The van der Waals surface area contributed by atoms with Gasteiger partial charge in [0.15, 0.2) is 0 Å². The number of urea groups is 1. The van der Waals surface area contributed by atoms with Crippen LogP contribution in [0.25, 0.3) is 0 Å². The van der Waals surface area contributed by atoms with E-state index in [-0.39, 0.29) is 17.9 Å². The average molecular weight is 309 g/mol. The van der Waals surface area contributed by atoms with E-state index < -0.39 is 18.2 Å². The van der Waals surface area contributed by atoms with Crippen LogP contribution >= 0.6 is 0 Å². The van der Waals surface area contributed by atoms with Gasteiger partial charge < -0.3 is 15.1 Å². The van der Waals surface area contributed by atoms with E-state index in [0.29, 0.717) is 19.5 Å². The van der Waals surface area contributed by atoms with Gasteiger partial charge in [-0.25, -0.2) is 9.59 Å². The van der Waals surface area contributed by atoms with Crippen molar-refractivity contribution in [1.82, 2.24) is 15.7 Å². The number of hydrogen-bond acceptors (Lipinski definition) is 4. The lowest BCUT2D eigenvalue weighted by atomic mass is 10.3. The number of hydrogen-bond donors (Lipinski definition) is 2. The largest absolute Gasteiger partial charge is 0.493 e. The molecule has 21 heavy (non-hydrogen) atoms. The molecule has 2 N–H and O–H groups in total. The topological polar surface area (TPSA) is 87.7 Å². The summed E-state index contributed by atoms with van der Waals surface area (Å²) >= 11 is 0. The molecule has 0 radical (unpaired) electrons. The second-order valence-electron chi connectivity index (χ2n) is 5.01. The quantitative estimate of drug-likeness (QED) is 0.719. The molecule has 1 aliphatic carbocycles. The number of rotatable bonds is 2. The van der Waals surface area contributed by atoms with Gasteiger partial charge >= 0.3 is 18.2 Å². The van der Waals surface area contributed by atoms with Crippen LogP contribution in [0.3, 0.4) is 0 Å². The second-order valence-corrected chi connectivity index (χ2v) is 5.01. The van der Waals surface area contributed by atoms with Crippen LogP contribution in [0.1, 0.15) is 19.3 Å². The summed E-state index contributed by atoms with van der Waals surface area (Å²) in [5.74, 6) is -2.39. The van der Waals surface area contributed by atoms with Crippen LogP contribution in [-0.4, -0.2) is 48.1 Å². The van der Waals surface area contributed by atoms with Crippen LogP contribution in [-0.2, 0) is 14.4 Å². The van der Waals surface area contributed by atoms with Crippen LogP contribution in [0.2, 0.25) is 0 Å². The second kappa shape index (κ2) is 5.78. The van der Waals surface area contributed by atoms with Crippen LogP contribution in [0.4, 0.5) is 18.0 Å². The average Bonchev–Trinajstić information content (AvgIpc) is 3.14. The van der Waals surface area contributed by atoms with Gasteiger partial charge in [0.2, 0.25) is 5.91 Å². The summed E-state index contributed by atoms with van der Waals surface area (Å²) in [5.41, 5.74) is 1.37. The molecule has 118 valence electrons. The number of nitrogens with one attached hydrogen (secondary N) is 2. The van der Waals surface area contributed by atoms with Gasteiger partial charge in [-0.2, -0.15) is 18.7 Å². The lowest BCUT2D eigenvalue weighted by Gasteiger charge is -2.17. The molecular formula is C11H14F3N3O4. The van der Waals surface area contributed by atoms with E-state index in [4.69, 9.17) is 0 Å². The Labute approximate surface area is 117 Å². The molecule has 2 rings (SSSR count). The number of carbonyl (C=O) groups excluding carboxylic acids is 3. The van der Waals surface area contributed by atoms with E-state index in [0.717, 1.165) is 12.8 Å². The Hall–Kier alpha value is -2.00. The molecule has 7 nitrogen and oxygen atoms in total. The molecule has 0 bridgehead atoms. The maximum atomic E-state index is 11.8. The monoisotopic (exact) mass is 309 g/mol. The molecule has 0 unspecified atom stereocenters. The molecule has 1 saturated carbocycles. The number of carbonyl (C=O) groups is 3. The Morgan fingerprint density at radius 1 is 1.14 bits per heavy atom. The predicted octanol–water partition coefficient (Wildman–Crippen LogP) is 0.317. The Balaban J connectivity index is 1.69. The molecule has 1 atom stereocenters. The minimum atomic E-state index is -5.17. The molecule has 0 aromatic heterocycles. The van der Waals surface area contributed by atoms with E-state index in [2.05, 4.69) is 10.2 Å². The van der Waals surface area contributed by atoms with Crippen molar-refractivity contribution in [2.45, 2.75) is 31.5 Å². The van der Waals surface area contributed by atoms with Crippen LogP contribution in [0.15, 0.2) is 0 Å². The van der Waals surface area contributed by atoms with Gasteiger partial charge in [-0.05, 0) is 19.3 Å². The number of amides is 3. The van der Waals surface area contributed by atoms with Gasteiger partial charge in [-0.15, -0.1) is 0 Å². The minimum Gasteiger partial charge on any atom is -0.340 e. The molecular weight excluding hydrogens is 295 g/mol. The van der Waals surface area contributed by atoms with Crippen LogP contribution < -0.4 is 10.8 Å². The zero-order chi connectivity index (χ0) is 15.6. The number of hydroxylamine groups is 1. The number of alkyl halides is 3. The Morgan fingerprint density at radius 2 is 1.81 bits per heavy atom. The standard InChI is InChI=1S/C11H14F3N3O4/c12-11(13,14)9(19)21-16-10(20)15-7-3-4-17(5-7)8(18)6-1-2-6/h6-7H,1-5H2,(H2,15,16,20)/t7-/m0/s1. The van der Waals surface area contributed by atoms with Crippen molar-refractivity contribution < 1.29 is 32.4 Å². The first-order valence-electron chi connectivity index (χ1n) is 6.40. The summed E-state index contributed by atoms with van der Waals surface area (Å²) in [6, 6.07) is -1.43. The van der Waals surface area contributed by atoms with Crippen molar-refractivity contribution in [3.8, 4) is 0 Å². The number of likely N-dealkylation sites (tertiary alicyclic amines) is 1. The molecule has 1 heterocycles. The molecule has 1 aliphatic heterocycles. The fraction of sp³-hybridized carbons (Fsp3) is 0.727. The van der Waals surface area contributed by atoms with Crippen molar-refractivity contribution in [2.75, 3.05) is 13.1 Å². The third-order valence-electron chi connectivity index (χ3n) is 3.23. The highest BCUT2D eigenvalue weighted by molar-refractivity contribution is 5.82. The zero-order valence-corrected chi connectivity index (χ0v) is 10.9. The first-order valence-corrected chi connectivity index (χ1v) is 6.40. The lowest BCUT2D eigenvalue weighted by molar-refractivity contribution is -0.204. The third-order valence-corrected chi connectivity index (χ3v) is 3.23. The molecule has 0 aromatic rings. The van der Waals surface area contributed by atoms with Gasteiger partial charge in [0.05, 0.1) is 0 Å². The van der Waals surface area contributed by atoms with E-state index in [9.17, 15) is 27.6 Å². The molecule has 2 aliphatic rings. The molecule has 3 amide bonds. The number of nitrogens with zero attached hydrogens (tertiary/aromatic N) is 1. The van der Waals surface area contributed by atoms with Gasteiger partial charge in [0.25, 0.3) is 0 Å². The Morgan fingerprint density at radius 3 is 2.38 bits per heavy atom. The smallest absolute Gasteiger partial charge is 0.340 e. The third kappa shape index (κ3) is 4.23. The Bertz CT molecular complexity index is 450. The van der Waals surface area contributed by atoms with Gasteiger partial charge in [-0.1, -0.05) is 0 Å². The summed E-state index contributed by atoms with van der Waals surface area (Å²) in [6.07, 6.45) is -2.92. The van der Waals surface area contributed by atoms with Gasteiger partial charge in [0.1, 0.15) is 0 Å². The Kier molecular flexibility index (Phi) is 4.24. The van der Waals surface area contributed by atoms with Crippen molar-refractivity contribution in [3.63, 3.8) is 0 Å². The predicted molar refractivity (Wildman–Crippen MR) is 61.5 cm³/mol. The fourth-order valence-electron chi connectivity index (χ4n) is 2.03. The maximum Gasteiger partial charge on any atom is 0.493 e. The summed E-state index contributed by atoms with van der Waals surface area (Å²) in [4.78, 5) is 38.6. The normalized spacial score (nSPS) is 21.9. The first-order chi connectivity index (χ1) is 9.77. The molecule has 0 spiro atoms. The molecule has 1 saturated heterocycles. The van der Waals surface area contributed by atoms with E-state index in [1.807, 2.05) is 0 Å². The molecule has 0 aromatic carbocycles. The summed E-state index contributed by atoms with van der Waals surface area (Å²) in [7, 11) is 0. The lowest BCUT2D eigenvalue weighted by Crippen LogP contribution is -2.45. The van der Waals surface area contributed by atoms with Gasteiger partial charge in [0, 0.05) is 25.0 Å². The van der Waals surface area contributed by atoms with Crippen molar-refractivity contribution in [3.05, 3.63) is 0 Å². The minimum absolute atomic E-state index is 0.0446. The number of halogens is 3. The fourth-order valence-corrected chi connectivity index (χ4v) is 2.03. The summed E-state index contributed by atoms with van der Waals surface area (Å²) in [5, 5.41) is 2.34. The van der Waals surface area contributed by atoms with E-state index in [1.165, 1.54) is 5.48 Å². The van der Waals surface area contributed by atoms with Crippen LogP contribution in [0.5, 0.6) is 0 Å². The van der Waals surface area contributed by atoms with Crippen molar-refractivity contribution >= 4 is 17.9 Å². The van der Waals surface area contributed by atoms with E-state index in [1.54, 1.807) is 4.90 Å². The van der Waals surface area contributed by atoms with Gasteiger partial charge in [-0.3, -0.25) is 4.79 Å². The summed E-state index contributed by atoms with van der Waals surface area (Å²) in [6.45, 7) is 0.790. The molecule has 10 heteroatoms. The van der Waals surface area contributed by atoms with Crippen molar-refractivity contribution in [2.24, 2.45) is 5.92 Å². The first kappa shape index (κ1) is 15.4. The van der Waals surface area contributed by atoms with E-state index >= 15 is 0 Å². The maximum absolute atomic E-state index is 11.8.